The highest BCUT2D eigenvalue weighted by Gasteiger charge is 2.31. The van der Waals surface area contributed by atoms with Gasteiger partial charge in [0.2, 0.25) is 11.8 Å². The first-order valence-corrected chi connectivity index (χ1v) is 15.1. The number of amides is 2. The molecule has 0 aromatic heterocycles. The van der Waals surface area contributed by atoms with E-state index in [1.807, 2.05) is 72.8 Å². The van der Waals surface area contributed by atoms with Crippen molar-refractivity contribution in [1.82, 2.24) is 10.2 Å². The Morgan fingerprint density at radius 1 is 0.850 bits per heavy atom. The van der Waals surface area contributed by atoms with Crippen LogP contribution in [-0.2, 0) is 29.0 Å². The lowest BCUT2D eigenvalue weighted by atomic mass is 9.94. The highest BCUT2D eigenvalue weighted by Crippen LogP contribution is 2.31. The smallest absolute Gasteiger partial charge is 0.243 e. The number of rotatable bonds is 10. The molecular formula is C33H37BrN2O4. The fourth-order valence-electron chi connectivity index (χ4n) is 5.52. The van der Waals surface area contributed by atoms with Gasteiger partial charge in [0.15, 0.2) is 11.5 Å². The summed E-state index contributed by atoms with van der Waals surface area (Å²) in [6.07, 6.45) is 6.77. The average Bonchev–Trinajstić information content (AvgIpc) is 2.99. The Morgan fingerprint density at radius 2 is 1.55 bits per heavy atom. The summed E-state index contributed by atoms with van der Waals surface area (Å²) in [5.74, 6) is 1.34. The van der Waals surface area contributed by atoms with Gasteiger partial charge in [0.1, 0.15) is 19.3 Å². The van der Waals surface area contributed by atoms with Crippen molar-refractivity contribution in [3.8, 4) is 11.5 Å². The minimum absolute atomic E-state index is 0.0440. The highest BCUT2D eigenvalue weighted by atomic mass is 79.9. The molecule has 0 bridgehead atoms. The first-order chi connectivity index (χ1) is 19.5. The Hall–Kier alpha value is -3.32. The van der Waals surface area contributed by atoms with Crippen LogP contribution in [0.25, 0.3) is 0 Å². The molecule has 210 valence electrons. The monoisotopic (exact) mass is 604 g/mol. The number of hydrogen-bond acceptors (Lipinski definition) is 4. The number of nitrogens with zero attached hydrogens (tertiary/aromatic N) is 1. The zero-order valence-corrected chi connectivity index (χ0v) is 24.4. The largest absolute Gasteiger partial charge is 0.486 e. The van der Waals surface area contributed by atoms with Gasteiger partial charge in [-0.1, -0.05) is 83.7 Å². The van der Waals surface area contributed by atoms with Crippen LogP contribution in [0, 0.1) is 0 Å². The van der Waals surface area contributed by atoms with E-state index in [2.05, 4.69) is 21.2 Å². The number of fused-ring (bicyclic) bond motifs is 1. The van der Waals surface area contributed by atoms with Gasteiger partial charge < -0.3 is 19.7 Å². The molecule has 7 heteroatoms. The molecule has 6 nitrogen and oxygen atoms in total. The van der Waals surface area contributed by atoms with E-state index in [9.17, 15) is 9.59 Å². The fraction of sp³-hybridized carbons (Fsp3) is 0.394. The van der Waals surface area contributed by atoms with Crippen molar-refractivity contribution >= 4 is 27.7 Å². The second-order valence-electron chi connectivity index (χ2n) is 10.7. The minimum Gasteiger partial charge on any atom is -0.486 e. The lowest BCUT2D eigenvalue weighted by Crippen LogP contribution is -2.52. The topological polar surface area (TPSA) is 67.9 Å². The lowest BCUT2D eigenvalue weighted by Gasteiger charge is -2.33. The molecule has 2 aliphatic rings. The fourth-order valence-corrected chi connectivity index (χ4v) is 5.79. The molecular weight excluding hydrogens is 568 g/mol. The maximum absolute atomic E-state index is 14.0. The van der Waals surface area contributed by atoms with Crippen LogP contribution < -0.4 is 14.8 Å². The Bertz CT molecular complexity index is 1280. The quantitative estimate of drug-likeness (QED) is 0.297. The Morgan fingerprint density at radius 3 is 2.30 bits per heavy atom. The molecule has 5 rings (SSSR count). The summed E-state index contributed by atoms with van der Waals surface area (Å²) < 4.78 is 12.4. The predicted octanol–water partition coefficient (Wildman–Crippen LogP) is 6.24. The number of halogens is 1. The van der Waals surface area contributed by atoms with Gasteiger partial charge in [0, 0.05) is 29.9 Å². The van der Waals surface area contributed by atoms with Crippen LogP contribution >= 0.6 is 15.9 Å². The molecule has 1 saturated carbocycles. The molecule has 1 unspecified atom stereocenters. The summed E-state index contributed by atoms with van der Waals surface area (Å²) in [5.41, 5.74) is 3.03. The maximum Gasteiger partial charge on any atom is 0.243 e. The third-order valence-corrected chi connectivity index (χ3v) is 8.25. The summed E-state index contributed by atoms with van der Waals surface area (Å²) >= 11 is 3.51. The second kappa shape index (κ2) is 13.8. The van der Waals surface area contributed by atoms with E-state index in [0.29, 0.717) is 32.6 Å². The lowest BCUT2D eigenvalue weighted by molar-refractivity contribution is -0.141. The molecule has 3 aromatic rings. The molecule has 1 N–H and O–H groups in total. The Kier molecular flexibility index (Phi) is 9.76. The molecule has 1 fully saturated rings. The molecule has 1 heterocycles. The predicted molar refractivity (Wildman–Crippen MR) is 159 cm³/mol. The molecule has 0 saturated heterocycles. The third-order valence-electron chi connectivity index (χ3n) is 7.72. The molecule has 1 aliphatic carbocycles. The van der Waals surface area contributed by atoms with Crippen molar-refractivity contribution in [2.45, 2.75) is 70.0 Å². The van der Waals surface area contributed by atoms with Crippen molar-refractivity contribution in [1.29, 1.82) is 0 Å². The molecule has 40 heavy (non-hydrogen) atoms. The number of nitrogens with one attached hydrogen (secondary N) is 1. The number of ether oxygens (including phenoxy) is 2. The summed E-state index contributed by atoms with van der Waals surface area (Å²) in [6.45, 7) is 1.43. The van der Waals surface area contributed by atoms with Crippen LogP contribution in [0.1, 0.15) is 55.2 Å². The van der Waals surface area contributed by atoms with Crippen molar-refractivity contribution in [3.63, 3.8) is 0 Å². The van der Waals surface area contributed by atoms with Gasteiger partial charge in [-0.2, -0.15) is 0 Å². The van der Waals surface area contributed by atoms with Crippen LogP contribution in [0.4, 0.5) is 0 Å². The van der Waals surface area contributed by atoms with Crippen LogP contribution in [0.2, 0.25) is 0 Å². The first kappa shape index (κ1) is 28.2. The van der Waals surface area contributed by atoms with Gasteiger partial charge in [-0.3, -0.25) is 9.59 Å². The SMILES string of the molecule is O=C(NC1CCCCC1)C(Cc1ccccc1)N(Cc1ccc(Br)cc1)C(=O)CCc1ccc2c(c1)OCCO2. The molecule has 0 radical (unpaired) electrons. The first-order valence-electron chi connectivity index (χ1n) is 14.3. The summed E-state index contributed by atoms with van der Waals surface area (Å²) in [4.78, 5) is 29.7. The number of carbonyl (C=O) groups excluding carboxylic acids is 2. The zero-order chi connectivity index (χ0) is 27.7. The number of benzene rings is 3. The van der Waals surface area contributed by atoms with E-state index in [1.165, 1.54) is 6.42 Å². The third kappa shape index (κ3) is 7.66. The normalized spacial score (nSPS) is 15.7. The van der Waals surface area contributed by atoms with E-state index in [0.717, 1.165) is 58.3 Å². The molecule has 1 aliphatic heterocycles. The Balaban J connectivity index is 1.39. The molecule has 1 atom stereocenters. The summed E-state index contributed by atoms with van der Waals surface area (Å²) in [7, 11) is 0. The van der Waals surface area contributed by atoms with E-state index >= 15 is 0 Å². The van der Waals surface area contributed by atoms with Crippen molar-refractivity contribution in [3.05, 3.63) is 94.0 Å². The second-order valence-corrected chi connectivity index (χ2v) is 11.6. The average molecular weight is 606 g/mol. The minimum atomic E-state index is -0.610. The van der Waals surface area contributed by atoms with Crippen molar-refractivity contribution in [2.24, 2.45) is 0 Å². The number of carbonyl (C=O) groups is 2. The van der Waals surface area contributed by atoms with Crippen LogP contribution in [0.15, 0.2) is 77.3 Å². The van der Waals surface area contributed by atoms with Gasteiger partial charge in [0.25, 0.3) is 0 Å². The van der Waals surface area contributed by atoms with E-state index in [1.54, 1.807) is 4.90 Å². The van der Waals surface area contributed by atoms with Gasteiger partial charge in [0.05, 0.1) is 0 Å². The molecule has 0 spiro atoms. The standard InChI is InChI=1S/C33H37BrN2O4/c34-27-15-11-26(12-16-27)23-36(32(37)18-14-25-13-17-30-31(22-25)40-20-19-39-30)29(21-24-7-3-1-4-8-24)33(38)35-28-9-5-2-6-10-28/h1,3-4,7-8,11-13,15-17,22,28-29H,2,5-6,9-10,14,18-21,23H2,(H,35,38). The molecule has 3 aromatic carbocycles. The zero-order valence-electron chi connectivity index (χ0n) is 22.8. The summed E-state index contributed by atoms with van der Waals surface area (Å²) in [6, 6.07) is 23.3. The van der Waals surface area contributed by atoms with E-state index < -0.39 is 6.04 Å². The van der Waals surface area contributed by atoms with Crippen LogP contribution in [0.3, 0.4) is 0 Å². The van der Waals surface area contributed by atoms with Crippen molar-refractivity contribution < 1.29 is 19.1 Å². The number of aryl methyl sites for hydroxylation is 1. The van der Waals surface area contributed by atoms with Crippen molar-refractivity contribution in [2.75, 3.05) is 13.2 Å². The van der Waals surface area contributed by atoms with Gasteiger partial charge in [-0.05, 0) is 60.2 Å². The van der Waals surface area contributed by atoms with Crippen LogP contribution in [-0.4, -0.2) is 42.0 Å². The summed E-state index contributed by atoms with van der Waals surface area (Å²) in [5, 5.41) is 3.31. The van der Waals surface area contributed by atoms with Gasteiger partial charge in [-0.15, -0.1) is 0 Å². The van der Waals surface area contributed by atoms with Crippen LogP contribution in [0.5, 0.6) is 11.5 Å². The highest BCUT2D eigenvalue weighted by molar-refractivity contribution is 9.10. The maximum atomic E-state index is 14.0. The van der Waals surface area contributed by atoms with Gasteiger partial charge >= 0.3 is 0 Å². The Labute approximate surface area is 245 Å². The molecule has 2 amide bonds. The van der Waals surface area contributed by atoms with Gasteiger partial charge in [-0.25, -0.2) is 0 Å². The number of hydrogen-bond donors (Lipinski definition) is 1. The van der Waals surface area contributed by atoms with E-state index in [4.69, 9.17) is 9.47 Å². The van der Waals surface area contributed by atoms with E-state index in [-0.39, 0.29) is 24.3 Å².